The number of para-hydroxylation sites is 1. The van der Waals surface area contributed by atoms with Crippen molar-refractivity contribution in [3.63, 3.8) is 0 Å². The summed E-state index contributed by atoms with van der Waals surface area (Å²) in [6.07, 6.45) is 0. The van der Waals surface area contributed by atoms with E-state index in [1.54, 1.807) is 0 Å². The lowest BCUT2D eigenvalue weighted by Gasteiger charge is -2.20. The molecule has 0 spiro atoms. The summed E-state index contributed by atoms with van der Waals surface area (Å²) in [5, 5.41) is 2.73. The van der Waals surface area contributed by atoms with Crippen molar-refractivity contribution in [2.45, 2.75) is 30.9 Å². The van der Waals surface area contributed by atoms with Crippen LogP contribution in [0.25, 0.3) is 0 Å². The monoisotopic (exact) mass is 369 g/mol. The fourth-order valence-corrected chi connectivity index (χ4v) is 5.03. The molecule has 1 amide bonds. The van der Waals surface area contributed by atoms with Crippen LogP contribution in [0.4, 0.5) is 0 Å². The highest BCUT2D eigenvalue weighted by Gasteiger charge is 2.22. The van der Waals surface area contributed by atoms with Crippen molar-refractivity contribution < 1.29 is 19.1 Å². The lowest BCUT2D eigenvalue weighted by Crippen LogP contribution is -2.43. The third-order valence-corrected chi connectivity index (χ3v) is 6.09. The molecule has 1 aliphatic heterocycles. The number of amides is 1. The summed E-state index contributed by atoms with van der Waals surface area (Å²) in [4.78, 5) is 23.4. The number of thioether (sulfide) groups is 2. The van der Waals surface area contributed by atoms with Gasteiger partial charge in [0.15, 0.2) is 13.2 Å². The second-order valence-electron chi connectivity index (χ2n) is 6.36. The molecule has 1 saturated heterocycles. The lowest BCUT2D eigenvalue weighted by atomic mass is 10.1. The summed E-state index contributed by atoms with van der Waals surface area (Å²) in [6.45, 7) is 5.10. The Labute approximate surface area is 151 Å². The van der Waals surface area contributed by atoms with Crippen LogP contribution in [0, 0.1) is 0 Å². The number of benzene rings is 1. The Morgan fingerprint density at radius 1 is 1.17 bits per heavy atom. The van der Waals surface area contributed by atoms with Gasteiger partial charge in [0.1, 0.15) is 5.75 Å². The first kappa shape index (κ1) is 19.0. The first-order valence-corrected chi connectivity index (χ1v) is 9.86. The zero-order valence-electron chi connectivity index (χ0n) is 14.2. The molecule has 0 unspecified atom stereocenters. The summed E-state index contributed by atoms with van der Waals surface area (Å²) in [7, 11) is 0. The molecule has 1 heterocycles. The van der Waals surface area contributed by atoms with E-state index in [9.17, 15) is 9.59 Å². The molecule has 7 heteroatoms. The highest BCUT2D eigenvalue weighted by molar-refractivity contribution is 8.19. The van der Waals surface area contributed by atoms with Crippen molar-refractivity contribution in [1.82, 2.24) is 5.32 Å². The Kier molecular flexibility index (Phi) is 6.86. The third kappa shape index (κ3) is 6.28. The van der Waals surface area contributed by atoms with Crippen LogP contribution in [0.5, 0.6) is 5.75 Å². The Hall–Kier alpha value is -1.34. The average molecular weight is 370 g/mol. The van der Waals surface area contributed by atoms with Gasteiger partial charge in [0.05, 0.1) is 4.58 Å². The Bertz CT molecular complexity index is 580. The molecule has 0 aromatic heterocycles. The van der Waals surface area contributed by atoms with Crippen LogP contribution >= 0.6 is 23.5 Å². The van der Waals surface area contributed by atoms with E-state index >= 15 is 0 Å². The molecule has 0 atom stereocenters. The van der Waals surface area contributed by atoms with E-state index in [0.717, 1.165) is 17.1 Å². The molecule has 132 valence electrons. The van der Waals surface area contributed by atoms with Crippen LogP contribution < -0.4 is 10.1 Å². The largest absolute Gasteiger partial charge is 0.482 e. The van der Waals surface area contributed by atoms with Gasteiger partial charge in [-0.15, -0.1) is 23.5 Å². The van der Waals surface area contributed by atoms with Crippen molar-refractivity contribution in [2.75, 3.05) is 24.7 Å². The van der Waals surface area contributed by atoms with E-state index in [0.29, 0.717) is 10.3 Å². The first-order chi connectivity index (χ1) is 11.3. The summed E-state index contributed by atoms with van der Waals surface area (Å²) in [5.74, 6) is 2.06. The molecule has 1 fully saturated rings. The summed E-state index contributed by atoms with van der Waals surface area (Å²) >= 11 is 3.75. The number of carbonyl (C=O) groups is 2. The summed E-state index contributed by atoms with van der Waals surface area (Å²) in [6, 6.07) is 7.73. The standard InChI is InChI=1S/C17H23NO4S2/c1-17(2,3)18-14(19)10-22-15(20)11-21-13-7-5-4-6-12(13)16-23-8-9-24-16/h4-7,16H,8-11H2,1-3H3,(H,18,19). The van der Waals surface area contributed by atoms with Crippen molar-refractivity contribution in [1.29, 1.82) is 0 Å². The fourth-order valence-electron chi connectivity index (χ4n) is 2.12. The Balaban J connectivity index is 1.81. The molecule has 1 aliphatic rings. The van der Waals surface area contributed by atoms with Crippen LogP contribution in [-0.4, -0.2) is 42.1 Å². The van der Waals surface area contributed by atoms with Gasteiger partial charge in [0.25, 0.3) is 5.91 Å². The maximum atomic E-state index is 11.8. The SMILES string of the molecule is CC(C)(C)NC(=O)COC(=O)COc1ccccc1C1SCCS1. The molecule has 0 saturated carbocycles. The quantitative estimate of drug-likeness (QED) is 0.778. The van der Waals surface area contributed by atoms with Gasteiger partial charge in [-0.3, -0.25) is 4.79 Å². The number of hydrogen-bond donors (Lipinski definition) is 1. The number of ether oxygens (including phenoxy) is 2. The molecule has 0 radical (unpaired) electrons. The van der Waals surface area contributed by atoms with E-state index < -0.39 is 5.97 Å². The highest BCUT2D eigenvalue weighted by atomic mass is 32.2. The minimum absolute atomic E-state index is 0.206. The molecule has 1 N–H and O–H groups in total. The minimum atomic E-state index is -0.555. The zero-order valence-corrected chi connectivity index (χ0v) is 15.8. The zero-order chi connectivity index (χ0) is 17.6. The van der Waals surface area contributed by atoms with Gasteiger partial charge < -0.3 is 14.8 Å². The smallest absolute Gasteiger partial charge is 0.344 e. The molecule has 0 bridgehead atoms. The molecule has 2 rings (SSSR count). The van der Waals surface area contributed by atoms with E-state index in [4.69, 9.17) is 9.47 Å². The molecule has 1 aromatic carbocycles. The minimum Gasteiger partial charge on any atom is -0.482 e. The number of nitrogens with one attached hydrogen (secondary N) is 1. The predicted molar refractivity (Wildman–Crippen MR) is 98.4 cm³/mol. The van der Waals surface area contributed by atoms with Crippen LogP contribution in [0.2, 0.25) is 0 Å². The fraction of sp³-hybridized carbons (Fsp3) is 0.529. The first-order valence-electron chi connectivity index (χ1n) is 7.77. The Morgan fingerprint density at radius 2 is 1.83 bits per heavy atom. The molecular weight excluding hydrogens is 346 g/mol. The topological polar surface area (TPSA) is 64.6 Å². The summed E-state index contributed by atoms with van der Waals surface area (Å²) < 4.78 is 10.9. The number of carbonyl (C=O) groups excluding carboxylic acids is 2. The van der Waals surface area contributed by atoms with Crippen molar-refractivity contribution in [3.05, 3.63) is 29.8 Å². The maximum absolute atomic E-state index is 11.8. The van der Waals surface area contributed by atoms with Gasteiger partial charge in [-0.25, -0.2) is 4.79 Å². The lowest BCUT2D eigenvalue weighted by molar-refractivity contribution is -0.150. The van der Waals surface area contributed by atoms with Crippen LogP contribution in [-0.2, 0) is 14.3 Å². The van der Waals surface area contributed by atoms with Gasteiger partial charge >= 0.3 is 5.97 Å². The van der Waals surface area contributed by atoms with E-state index in [1.165, 1.54) is 0 Å². The van der Waals surface area contributed by atoms with Gasteiger partial charge in [0.2, 0.25) is 0 Å². The third-order valence-electron chi connectivity index (χ3n) is 3.02. The van der Waals surface area contributed by atoms with Gasteiger partial charge in [0, 0.05) is 22.6 Å². The predicted octanol–water partition coefficient (Wildman–Crippen LogP) is 3.00. The van der Waals surface area contributed by atoms with Crippen LogP contribution in [0.3, 0.4) is 0 Å². The van der Waals surface area contributed by atoms with Crippen molar-refractivity contribution in [2.24, 2.45) is 0 Å². The second kappa shape index (κ2) is 8.67. The molecule has 0 aliphatic carbocycles. The van der Waals surface area contributed by atoms with E-state index in [-0.39, 0.29) is 24.7 Å². The molecule has 1 aromatic rings. The van der Waals surface area contributed by atoms with Crippen molar-refractivity contribution in [3.8, 4) is 5.75 Å². The molecular formula is C17H23NO4S2. The van der Waals surface area contributed by atoms with E-state index in [1.807, 2.05) is 68.6 Å². The van der Waals surface area contributed by atoms with Gasteiger partial charge in [-0.05, 0) is 26.8 Å². The maximum Gasteiger partial charge on any atom is 0.344 e. The highest BCUT2D eigenvalue weighted by Crippen LogP contribution is 2.48. The second-order valence-corrected chi connectivity index (χ2v) is 9.08. The number of rotatable bonds is 6. The van der Waals surface area contributed by atoms with Gasteiger partial charge in [-0.1, -0.05) is 18.2 Å². The van der Waals surface area contributed by atoms with Crippen molar-refractivity contribution >= 4 is 35.4 Å². The molecule has 5 nitrogen and oxygen atoms in total. The number of hydrogen-bond acceptors (Lipinski definition) is 6. The average Bonchev–Trinajstić information content (AvgIpc) is 3.04. The Morgan fingerprint density at radius 3 is 2.50 bits per heavy atom. The van der Waals surface area contributed by atoms with E-state index in [2.05, 4.69) is 5.32 Å². The molecule has 24 heavy (non-hydrogen) atoms. The number of esters is 1. The normalized spacial score (nSPS) is 15.1. The van der Waals surface area contributed by atoms with Crippen LogP contribution in [0.15, 0.2) is 24.3 Å². The van der Waals surface area contributed by atoms with Gasteiger partial charge in [-0.2, -0.15) is 0 Å². The van der Waals surface area contributed by atoms with Crippen LogP contribution in [0.1, 0.15) is 30.9 Å². The summed E-state index contributed by atoms with van der Waals surface area (Å²) in [5.41, 5.74) is 0.735.